The summed E-state index contributed by atoms with van der Waals surface area (Å²) < 4.78 is 5.70. The van der Waals surface area contributed by atoms with E-state index in [9.17, 15) is 0 Å². The van der Waals surface area contributed by atoms with Crippen LogP contribution in [-0.4, -0.2) is 33.9 Å². The molecule has 1 aliphatic heterocycles. The van der Waals surface area contributed by atoms with Gasteiger partial charge in [-0.1, -0.05) is 6.07 Å². The molecule has 0 bridgehead atoms. The van der Waals surface area contributed by atoms with Crippen molar-refractivity contribution in [1.29, 1.82) is 5.41 Å². The van der Waals surface area contributed by atoms with Gasteiger partial charge in [0.15, 0.2) is 5.49 Å². The first kappa shape index (κ1) is 17.2. The fourth-order valence-corrected chi connectivity index (χ4v) is 3.09. The predicted molar refractivity (Wildman–Crippen MR) is 105 cm³/mol. The molecule has 1 aromatic carbocycles. The Hall–Kier alpha value is -3.22. The van der Waals surface area contributed by atoms with E-state index in [4.69, 9.17) is 15.1 Å². The van der Waals surface area contributed by atoms with Crippen LogP contribution >= 0.6 is 0 Å². The number of H-pyrrole nitrogens is 1. The SMILES string of the molecule is Cc1cnc(C)/c(=N/C(=N)CCc2ccc3ccc4c(c3n2)NCCO4)[nH]1. The highest BCUT2D eigenvalue weighted by molar-refractivity contribution is 5.94. The molecule has 3 aromatic rings. The Bertz CT molecular complexity index is 1090. The summed E-state index contributed by atoms with van der Waals surface area (Å²) in [5.41, 5.74) is 5.15. The number of aryl methyl sites for hydroxylation is 3. The number of pyridine rings is 1. The third-order valence-corrected chi connectivity index (χ3v) is 4.52. The van der Waals surface area contributed by atoms with Crippen molar-refractivity contribution in [2.75, 3.05) is 18.5 Å². The minimum Gasteiger partial charge on any atom is -0.490 e. The van der Waals surface area contributed by atoms with Crippen molar-refractivity contribution in [2.24, 2.45) is 4.99 Å². The molecule has 0 atom stereocenters. The topological polar surface area (TPSA) is 99.0 Å². The number of anilines is 1. The van der Waals surface area contributed by atoms with Gasteiger partial charge in [-0.15, -0.1) is 0 Å². The highest BCUT2D eigenvalue weighted by Crippen LogP contribution is 2.34. The number of aromatic amines is 1. The number of hydrogen-bond acceptors (Lipinski definition) is 5. The first-order valence-electron chi connectivity index (χ1n) is 9.04. The van der Waals surface area contributed by atoms with Crippen LogP contribution in [0.3, 0.4) is 0 Å². The van der Waals surface area contributed by atoms with E-state index in [-0.39, 0.29) is 0 Å². The van der Waals surface area contributed by atoms with Crippen LogP contribution in [-0.2, 0) is 6.42 Å². The molecule has 138 valence electrons. The highest BCUT2D eigenvalue weighted by Gasteiger charge is 2.14. The summed E-state index contributed by atoms with van der Waals surface area (Å²) in [5, 5.41) is 12.6. The lowest BCUT2D eigenvalue weighted by Crippen LogP contribution is -2.18. The van der Waals surface area contributed by atoms with Gasteiger partial charge in [-0.3, -0.25) is 15.4 Å². The molecule has 7 heteroatoms. The maximum absolute atomic E-state index is 8.18. The fraction of sp³-hybridized carbons (Fsp3) is 0.300. The highest BCUT2D eigenvalue weighted by atomic mass is 16.5. The lowest BCUT2D eigenvalue weighted by molar-refractivity contribution is 0.324. The summed E-state index contributed by atoms with van der Waals surface area (Å²) in [7, 11) is 0. The number of benzene rings is 1. The summed E-state index contributed by atoms with van der Waals surface area (Å²) in [6, 6.07) is 8.09. The lowest BCUT2D eigenvalue weighted by atomic mass is 10.1. The number of hydrogen-bond donors (Lipinski definition) is 3. The first-order chi connectivity index (χ1) is 13.1. The largest absolute Gasteiger partial charge is 0.490 e. The van der Waals surface area contributed by atoms with Crippen LogP contribution in [0.5, 0.6) is 5.75 Å². The molecular formula is C20H22N6O. The van der Waals surface area contributed by atoms with Crippen molar-refractivity contribution in [3.63, 3.8) is 0 Å². The van der Waals surface area contributed by atoms with Crippen LogP contribution < -0.4 is 15.5 Å². The Morgan fingerprint density at radius 2 is 2.11 bits per heavy atom. The van der Waals surface area contributed by atoms with Gasteiger partial charge in [0, 0.05) is 35.9 Å². The van der Waals surface area contributed by atoms with Crippen LogP contribution in [0.2, 0.25) is 0 Å². The number of fused-ring (bicyclic) bond motifs is 3. The first-order valence-corrected chi connectivity index (χ1v) is 9.04. The number of nitrogens with one attached hydrogen (secondary N) is 3. The minimum atomic E-state index is 0.306. The molecule has 0 amide bonds. The molecule has 0 saturated carbocycles. The standard InChI is InChI=1S/C20H22N6O/c1-12-11-23-13(2)20(24-12)26-17(21)8-6-15-5-3-14-4-7-16-19(18(14)25-15)22-9-10-27-16/h3-5,7,11,22H,6,8-10H2,1-2H3,(H2,21,24,26). The summed E-state index contributed by atoms with van der Waals surface area (Å²) in [5.74, 6) is 1.15. The van der Waals surface area contributed by atoms with Gasteiger partial charge in [0.2, 0.25) is 0 Å². The monoisotopic (exact) mass is 362 g/mol. The second-order valence-electron chi connectivity index (χ2n) is 6.65. The summed E-state index contributed by atoms with van der Waals surface area (Å²) in [6.07, 6.45) is 2.93. The average Bonchev–Trinajstić information content (AvgIpc) is 2.69. The Balaban J connectivity index is 1.55. The molecule has 2 aromatic heterocycles. The van der Waals surface area contributed by atoms with Gasteiger partial charge in [0.25, 0.3) is 0 Å². The quantitative estimate of drug-likeness (QED) is 0.493. The van der Waals surface area contributed by atoms with Gasteiger partial charge < -0.3 is 15.0 Å². The van der Waals surface area contributed by atoms with E-state index < -0.39 is 0 Å². The normalized spacial score (nSPS) is 13.8. The number of amidine groups is 1. The molecule has 3 N–H and O–H groups in total. The molecule has 0 saturated heterocycles. The molecule has 0 unspecified atom stereocenters. The van der Waals surface area contributed by atoms with Crippen LogP contribution in [0.1, 0.15) is 23.5 Å². The average molecular weight is 362 g/mol. The number of aromatic nitrogens is 3. The molecule has 1 aliphatic rings. The summed E-state index contributed by atoms with van der Waals surface area (Å²) in [4.78, 5) is 16.6. The predicted octanol–water partition coefficient (Wildman–Crippen LogP) is 2.89. The van der Waals surface area contributed by atoms with Crippen LogP contribution in [0.15, 0.2) is 35.5 Å². The molecule has 7 nitrogen and oxygen atoms in total. The molecular weight excluding hydrogens is 340 g/mol. The van der Waals surface area contributed by atoms with Crippen molar-refractivity contribution in [3.05, 3.63) is 53.0 Å². The van der Waals surface area contributed by atoms with Gasteiger partial charge in [-0.05, 0) is 38.5 Å². The third-order valence-electron chi connectivity index (χ3n) is 4.52. The van der Waals surface area contributed by atoms with E-state index in [0.717, 1.165) is 46.0 Å². The minimum absolute atomic E-state index is 0.306. The Kier molecular flexibility index (Phi) is 4.58. The van der Waals surface area contributed by atoms with Crippen molar-refractivity contribution < 1.29 is 4.74 Å². The van der Waals surface area contributed by atoms with E-state index in [0.29, 0.717) is 30.8 Å². The molecule has 0 fully saturated rings. The third kappa shape index (κ3) is 3.67. The van der Waals surface area contributed by atoms with Gasteiger partial charge >= 0.3 is 0 Å². The fourth-order valence-electron chi connectivity index (χ4n) is 3.09. The zero-order valence-corrected chi connectivity index (χ0v) is 15.5. The van der Waals surface area contributed by atoms with Crippen molar-refractivity contribution in [3.8, 4) is 5.75 Å². The van der Waals surface area contributed by atoms with E-state index in [2.05, 4.69) is 26.3 Å². The molecule has 0 spiro atoms. The number of ether oxygens (including phenoxy) is 1. The molecule has 3 heterocycles. The number of rotatable bonds is 3. The zero-order valence-electron chi connectivity index (χ0n) is 15.5. The van der Waals surface area contributed by atoms with E-state index in [1.807, 2.05) is 32.0 Å². The number of nitrogens with zero attached hydrogens (tertiary/aromatic N) is 3. The Labute approximate surface area is 157 Å². The maximum Gasteiger partial charge on any atom is 0.153 e. The zero-order chi connectivity index (χ0) is 18.8. The van der Waals surface area contributed by atoms with Gasteiger partial charge in [-0.25, -0.2) is 4.99 Å². The van der Waals surface area contributed by atoms with Gasteiger partial charge in [-0.2, -0.15) is 0 Å². The van der Waals surface area contributed by atoms with Gasteiger partial charge in [0.1, 0.15) is 23.9 Å². The van der Waals surface area contributed by atoms with E-state index >= 15 is 0 Å². The van der Waals surface area contributed by atoms with E-state index in [1.165, 1.54) is 0 Å². The van der Waals surface area contributed by atoms with Crippen LogP contribution in [0.4, 0.5) is 5.69 Å². The Morgan fingerprint density at radius 3 is 3.00 bits per heavy atom. The summed E-state index contributed by atoms with van der Waals surface area (Å²) >= 11 is 0. The second kappa shape index (κ2) is 7.19. The molecule has 4 rings (SSSR count). The lowest BCUT2D eigenvalue weighted by Gasteiger charge is -2.20. The van der Waals surface area contributed by atoms with Crippen LogP contribution in [0, 0.1) is 19.3 Å². The molecule has 0 aliphatic carbocycles. The van der Waals surface area contributed by atoms with Crippen molar-refractivity contribution in [2.45, 2.75) is 26.7 Å². The van der Waals surface area contributed by atoms with Crippen molar-refractivity contribution >= 4 is 22.4 Å². The molecule has 0 radical (unpaired) electrons. The molecule has 27 heavy (non-hydrogen) atoms. The van der Waals surface area contributed by atoms with Crippen molar-refractivity contribution in [1.82, 2.24) is 15.0 Å². The maximum atomic E-state index is 8.18. The van der Waals surface area contributed by atoms with E-state index in [1.54, 1.807) is 6.20 Å². The summed E-state index contributed by atoms with van der Waals surface area (Å²) in [6.45, 7) is 5.25. The van der Waals surface area contributed by atoms with Crippen LogP contribution in [0.25, 0.3) is 10.9 Å². The second-order valence-corrected chi connectivity index (χ2v) is 6.65. The Morgan fingerprint density at radius 1 is 1.26 bits per heavy atom. The van der Waals surface area contributed by atoms with Gasteiger partial charge in [0.05, 0.1) is 11.2 Å². The smallest absolute Gasteiger partial charge is 0.153 e.